The minimum Gasteiger partial charge on any atom is -0.396 e. The first-order chi connectivity index (χ1) is 4.84. The van der Waals surface area contributed by atoms with Gasteiger partial charge in [0.1, 0.15) is 0 Å². The third kappa shape index (κ3) is 1.94. The van der Waals surface area contributed by atoms with Crippen molar-refractivity contribution in [1.29, 1.82) is 0 Å². The molecule has 0 bridgehead atoms. The molecule has 1 heterocycles. The molecule has 1 aliphatic heterocycles. The summed E-state index contributed by atoms with van der Waals surface area (Å²) >= 11 is 0. The van der Waals surface area contributed by atoms with Gasteiger partial charge in [0.15, 0.2) is 0 Å². The van der Waals surface area contributed by atoms with Crippen LogP contribution in [-0.2, 0) is 4.74 Å². The van der Waals surface area contributed by atoms with Crippen LogP contribution >= 0.6 is 0 Å². The molecule has 0 saturated carbocycles. The maximum Gasteiger partial charge on any atom is 0.0613 e. The van der Waals surface area contributed by atoms with Gasteiger partial charge in [-0.05, 0) is 12.8 Å². The van der Waals surface area contributed by atoms with Crippen molar-refractivity contribution in [1.82, 2.24) is 0 Å². The molecule has 2 atom stereocenters. The molecular formula is C7H14O3. The van der Waals surface area contributed by atoms with Crippen LogP contribution in [0.4, 0.5) is 0 Å². The first kappa shape index (κ1) is 7.98. The van der Waals surface area contributed by atoms with Crippen molar-refractivity contribution < 1.29 is 14.9 Å². The van der Waals surface area contributed by atoms with Crippen molar-refractivity contribution in [2.24, 2.45) is 5.92 Å². The van der Waals surface area contributed by atoms with E-state index in [9.17, 15) is 5.11 Å². The summed E-state index contributed by atoms with van der Waals surface area (Å²) in [5.41, 5.74) is 0. The van der Waals surface area contributed by atoms with E-state index in [0.717, 1.165) is 6.42 Å². The van der Waals surface area contributed by atoms with Gasteiger partial charge in [-0.3, -0.25) is 0 Å². The van der Waals surface area contributed by atoms with E-state index in [2.05, 4.69) is 0 Å². The van der Waals surface area contributed by atoms with Crippen LogP contribution in [0.15, 0.2) is 0 Å². The molecule has 1 aliphatic rings. The quantitative estimate of drug-likeness (QED) is 0.537. The van der Waals surface area contributed by atoms with Gasteiger partial charge in [-0.2, -0.15) is 0 Å². The molecule has 3 heteroatoms. The van der Waals surface area contributed by atoms with Gasteiger partial charge in [0, 0.05) is 25.7 Å². The fraction of sp³-hybridized carbons (Fsp3) is 1.00. The molecule has 3 nitrogen and oxygen atoms in total. The van der Waals surface area contributed by atoms with Crippen molar-refractivity contribution in [3.63, 3.8) is 0 Å². The van der Waals surface area contributed by atoms with Gasteiger partial charge < -0.3 is 14.9 Å². The lowest BCUT2D eigenvalue weighted by Gasteiger charge is -2.15. The Labute approximate surface area is 60.6 Å². The van der Waals surface area contributed by atoms with E-state index in [1.807, 2.05) is 0 Å². The maximum absolute atomic E-state index is 9.31. The molecule has 0 aromatic carbocycles. The minimum atomic E-state index is -0.368. The summed E-state index contributed by atoms with van der Waals surface area (Å²) in [5, 5.41) is 18.1. The third-order valence-electron chi connectivity index (χ3n) is 1.97. The van der Waals surface area contributed by atoms with E-state index in [-0.39, 0.29) is 18.6 Å². The van der Waals surface area contributed by atoms with Gasteiger partial charge in [-0.1, -0.05) is 0 Å². The largest absolute Gasteiger partial charge is 0.396 e. The van der Waals surface area contributed by atoms with Crippen LogP contribution in [0.5, 0.6) is 0 Å². The Bertz CT molecular complexity index is 94.9. The Morgan fingerprint density at radius 3 is 2.70 bits per heavy atom. The van der Waals surface area contributed by atoms with E-state index >= 15 is 0 Å². The van der Waals surface area contributed by atoms with Crippen LogP contribution in [0.2, 0.25) is 0 Å². The van der Waals surface area contributed by atoms with E-state index in [4.69, 9.17) is 9.84 Å². The number of hydrogen-bond donors (Lipinski definition) is 2. The summed E-state index contributed by atoms with van der Waals surface area (Å²) in [6, 6.07) is 0. The first-order valence-corrected chi connectivity index (χ1v) is 3.71. The fourth-order valence-electron chi connectivity index (χ4n) is 1.18. The average Bonchev–Trinajstić information content (AvgIpc) is 2.13. The molecule has 2 N–H and O–H groups in total. The standard InChI is InChI=1S/C7H14O3/c8-5-6-1-3-10-4-2-7(6)9/h6-9H,1-5H2/t6-,7+/m1/s1. The minimum absolute atomic E-state index is 0.0301. The molecule has 10 heavy (non-hydrogen) atoms. The van der Waals surface area contributed by atoms with Crippen LogP contribution in [0.3, 0.4) is 0 Å². The smallest absolute Gasteiger partial charge is 0.0613 e. The van der Waals surface area contributed by atoms with Crippen LogP contribution in [0.1, 0.15) is 12.8 Å². The molecule has 0 aliphatic carbocycles. The topological polar surface area (TPSA) is 49.7 Å². The van der Waals surface area contributed by atoms with Gasteiger partial charge in [-0.25, -0.2) is 0 Å². The van der Waals surface area contributed by atoms with Gasteiger partial charge in [0.25, 0.3) is 0 Å². The van der Waals surface area contributed by atoms with Gasteiger partial charge in [0.05, 0.1) is 6.10 Å². The molecule has 0 aromatic rings. The molecule has 1 rings (SSSR count). The molecule has 0 unspecified atom stereocenters. The van der Waals surface area contributed by atoms with Crippen LogP contribution in [-0.4, -0.2) is 36.1 Å². The van der Waals surface area contributed by atoms with Crippen LogP contribution in [0.25, 0.3) is 0 Å². The summed E-state index contributed by atoms with van der Waals surface area (Å²) in [6.45, 7) is 1.37. The predicted molar refractivity (Wildman–Crippen MR) is 36.6 cm³/mol. The summed E-state index contributed by atoms with van der Waals surface area (Å²) < 4.78 is 5.13. The highest BCUT2D eigenvalue weighted by molar-refractivity contribution is 4.70. The molecule has 0 aromatic heterocycles. The summed E-state index contributed by atoms with van der Waals surface area (Å²) in [4.78, 5) is 0. The zero-order valence-corrected chi connectivity index (χ0v) is 5.99. The molecule has 0 spiro atoms. The van der Waals surface area contributed by atoms with Crippen LogP contribution in [0, 0.1) is 5.92 Å². The second kappa shape index (κ2) is 3.91. The number of rotatable bonds is 1. The Morgan fingerprint density at radius 1 is 1.30 bits per heavy atom. The highest BCUT2D eigenvalue weighted by Gasteiger charge is 2.20. The Morgan fingerprint density at radius 2 is 2.00 bits per heavy atom. The SMILES string of the molecule is OC[C@H]1CCOCC[C@@H]1O. The van der Waals surface area contributed by atoms with E-state index < -0.39 is 0 Å². The molecule has 0 radical (unpaired) electrons. The average molecular weight is 146 g/mol. The van der Waals surface area contributed by atoms with Crippen molar-refractivity contribution in [3.05, 3.63) is 0 Å². The Balaban J connectivity index is 2.35. The number of aliphatic hydroxyl groups excluding tert-OH is 2. The first-order valence-electron chi connectivity index (χ1n) is 3.71. The van der Waals surface area contributed by atoms with Crippen LogP contribution < -0.4 is 0 Å². The number of ether oxygens (including phenoxy) is 1. The summed E-state index contributed by atoms with van der Waals surface area (Å²) in [5.74, 6) is 0.0301. The molecule has 60 valence electrons. The second-order valence-electron chi connectivity index (χ2n) is 2.70. The van der Waals surface area contributed by atoms with Gasteiger partial charge in [-0.15, -0.1) is 0 Å². The van der Waals surface area contributed by atoms with Crippen molar-refractivity contribution >= 4 is 0 Å². The lowest BCUT2D eigenvalue weighted by atomic mass is 9.99. The van der Waals surface area contributed by atoms with Gasteiger partial charge in [0.2, 0.25) is 0 Å². The lowest BCUT2D eigenvalue weighted by molar-refractivity contribution is 0.0646. The maximum atomic E-state index is 9.31. The molecule has 1 fully saturated rings. The molecule has 0 amide bonds. The number of aliphatic hydroxyl groups is 2. The summed E-state index contributed by atoms with van der Waals surface area (Å²) in [6.07, 6.45) is 1.07. The lowest BCUT2D eigenvalue weighted by Crippen LogP contribution is -2.23. The second-order valence-corrected chi connectivity index (χ2v) is 2.70. The highest BCUT2D eigenvalue weighted by Crippen LogP contribution is 2.15. The zero-order valence-electron chi connectivity index (χ0n) is 5.99. The van der Waals surface area contributed by atoms with E-state index in [1.54, 1.807) is 0 Å². The predicted octanol–water partition coefficient (Wildman–Crippen LogP) is -0.234. The van der Waals surface area contributed by atoms with Gasteiger partial charge >= 0.3 is 0 Å². The van der Waals surface area contributed by atoms with Crippen molar-refractivity contribution in [2.45, 2.75) is 18.9 Å². The summed E-state index contributed by atoms with van der Waals surface area (Å²) in [7, 11) is 0. The monoisotopic (exact) mass is 146 g/mol. The zero-order chi connectivity index (χ0) is 7.40. The van der Waals surface area contributed by atoms with E-state index in [1.165, 1.54) is 0 Å². The normalized spacial score (nSPS) is 35.4. The Hall–Kier alpha value is -0.120. The number of hydrogen-bond acceptors (Lipinski definition) is 3. The Kier molecular flexibility index (Phi) is 3.12. The van der Waals surface area contributed by atoms with Crippen molar-refractivity contribution in [3.8, 4) is 0 Å². The van der Waals surface area contributed by atoms with E-state index in [0.29, 0.717) is 19.6 Å². The molecule has 1 saturated heterocycles. The molecular weight excluding hydrogens is 132 g/mol. The third-order valence-corrected chi connectivity index (χ3v) is 1.97. The fourth-order valence-corrected chi connectivity index (χ4v) is 1.18. The highest BCUT2D eigenvalue weighted by atomic mass is 16.5. The van der Waals surface area contributed by atoms with Crippen molar-refractivity contribution in [2.75, 3.05) is 19.8 Å².